The molecular weight excluding hydrogens is 690 g/mol. The third-order valence-corrected chi connectivity index (χ3v) is 8.88. The zero-order chi connectivity index (χ0) is 39.2. The summed E-state index contributed by atoms with van der Waals surface area (Å²) in [7, 11) is 1.36. The molecule has 3 aromatic rings. The van der Waals surface area contributed by atoms with Gasteiger partial charge in [0.2, 0.25) is 11.8 Å². The summed E-state index contributed by atoms with van der Waals surface area (Å²) >= 11 is 0. The van der Waals surface area contributed by atoms with Crippen molar-refractivity contribution in [3.63, 3.8) is 0 Å². The maximum atomic E-state index is 13.8. The minimum absolute atomic E-state index is 0.0150. The van der Waals surface area contributed by atoms with Crippen LogP contribution in [0.3, 0.4) is 0 Å². The number of fused-ring (bicyclic) bond motifs is 3. The molecule has 286 valence electrons. The summed E-state index contributed by atoms with van der Waals surface area (Å²) in [6.45, 7) is 6.51. The Hall–Kier alpha value is -6.05. The molecule has 0 spiro atoms. The van der Waals surface area contributed by atoms with Crippen LogP contribution in [0.5, 0.6) is 0 Å². The fourth-order valence-electron chi connectivity index (χ4n) is 6.31. The summed E-state index contributed by atoms with van der Waals surface area (Å²) in [4.78, 5) is 77.8. The van der Waals surface area contributed by atoms with Crippen LogP contribution >= 0.6 is 0 Å². The van der Waals surface area contributed by atoms with Crippen molar-refractivity contribution in [3.05, 3.63) is 95.6 Å². The van der Waals surface area contributed by atoms with Crippen molar-refractivity contribution in [1.29, 1.82) is 0 Å². The normalized spacial score (nSPS) is 13.7. The molecule has 0 bridgehead atoms. The number of hydrogen-bond donors (Lipinski definition) is 6. The lowest BCUT2D eigenvalue weighted by Crippen LogP contribution is -2.55. The molecule has 0 heterocycles. The fraction of sp³-hybridized carbons (Fsp3) is 0.375. The molecule has 3 aromatic carbocycles. The van der Waals surface area contributed by atoms with Gasteiger partial charge in [0.05, 0.1) is 12.6 Å². The maximum Gasteiger partial charge on any atom is 0.407 e. The van der Waals surface area contributed by atoms with E-state index in [9.17, 15) is 28.8 Å². The van der Waals surface area contributed by atoms with Gasteiger partial charge >= 0.3 is 12.1 Å². The summed E-state index contributed by atoms with van der Waals surface area (Å²) in [5, 5.41) is 17.0. The van der Waals surface area contributed by atoms with Crippen molar-refractivity contribution >= 4 is 41.3 Å². The van der Waals surface area contributed by atoms with Gasteiger partial charge in [-0.25, -0.2) is 15.0 Å². The molecule has 0 fully saturated rings. The highest BCUT2D eigenvalue weighted by Crippen LogP contribution is 2.44. The Morgan fingerprint density at radius 1 is 0.796 bits per heavy atom. The summed E-state index contributed by atoms with van der Waals surface area (Å²) < 4.78 is 5.71. The van der Waals surface area contributed by atoms with Crippen LogP contribution in [0.1, 0.15) is 75.6 Å². The summed E-state index contributed by atoms with van der Waals surface area (Å²) in [5.74, 6) is -2.57. The Labute approximate surface area is 315 Å². The molecule has 0 saturated carbocycles. The van der Waals surface area contributed by atoms with Gasteiger partial charge in [-0.1, -0.05) is 106 Å². The molecular formula is C40H49N7O7. The number of amides is 6. The molecule has 0 aliphatic heterocycles. The molecule has 14 nitrogen and oxygen atoms in total. The lowest BCUT2D eigenvalue weighted by atomic mass is 9.98. The first-order valence-electron chi connectivity index (χ1n) is 18.0. The van der Waals surface area contributed by atoms with Gasteiger partial charge in [0.1, 0.15) is 24.4 Å². The molecule has 54 heavy (non-hydrogen) atoms. The Morgan fingerprint density at radius 2 is 1.41 bits per heavy atom. The number of Topliss-reactive ketones (excluding diaryl/α,β-unsaturated/α-hetero) is 1. The largest absolute Gasteiger partial charge is 0.449 e. The standard InChI is InChI=1S/C40H49N7O7/c1-6-14-32(36(46-47-39(52)41-5)38(51)42-22-34(49)45-35(25(4)48)26-15-8-7-9-16-26)43-37(50)33(21-24(2)3)44-40(53)54-23-31-29-19-12-10-17-27(29)28-18-11-13-20-30(28)31/h7-13,15-20,24,31-33,35H,6,14,21-23H2,1-5H3,(H,42,51)(H,43,50)(H,44,53)(H,45,49)(H2,41,47,52)/t32-,33-,35+/m0/s1. The Bertz CT molecular complexity index is 1800. The van der Waals surface area contributed by atoms with Crippen molar-refractivity contribution in [2.24, 2.45) is 11.0 Å². The van der Waals surface area contributed by atoms with Crippen LogP contribution in [-0.2, 0) is 23.9 Å². The zero-order valence-corrected chi connectivity index (χ0v) is 31.2. The van der Waals surface area contributed by atoms with Gasteiger partial charge in [0.25, 0.3) is 5.91 Å². The van der Waals surface area contributed by atoms with Crippen molar-refractivity contribution in [2.45, 2.75) is 71.0 Å². The van der Waals surface area contributed by atoms with E-state index in [0.29, 0.717) is 12.0 Å². The van der Waals surface area contributed by atoms with Crippen LogP contribution in [0, 0.1) is 5.92 Å². The van der Waals surface area contributed by atoms with Gasteiger partial charge in [0, 0.05) is 13.0 Å². The third-order valence-electron chi connectivity index (χ3n) is 8.88. The number of hydrazone groups is 1. The molecule has 0 saturated heterocycles. The Morgan fingerprint density at radius 3 is 1.98 bits per heavy atom. The Kier molecular flexibility index (Phi) is 14.8. The molecule has 3 atom stereocenters. The zero-order valence-electron chi connectivity index (χ0n) is 31.2. The monoisotopic (exact) mass is 739 g/mol. The van der Waals surface area contributed by atoms with E-state index in [1.54, 1.807) is 30.3 Å². The number of ether oxygens (including phenoxy) is 1. The highest BCUT2D eigenvalue weighted by atomic mass is 16.5. The SMILES string of the molecule is CCC[C@H](NC(=O)[C@H](CC(C)C)NC(=O)OCC1c2ccccc2-c2ccccc21)C(=NNC(=O)NC)C(=O)NCC(=O)N[C@H](C(C)=O)c1ccccc1. The van der Waals surface area contributed by atoms with Gasteiger partial charge in [-0.2, -0.15) is 5.10 Å². The third kappa shape index (κ3) is 11.0. The van der Waals surface area contributed by atoms with Crippen LogP contribution in [0.2, 0.25) is 0 Å². The number of nitrogens with zero attached hydrogens (tertiary/aromatic N) is 1. The summed E-state index contributed by atoms with van der Waals surface area (Å²) in [6.07, 6.45) is 0.189. The average molecular weight is 740 g/mol. The van der Waals surface area contributed by atoms with E-state index in [-0.39, 0.29) is 42.8 Å². The van der Waals surface area contributed by atoms with Crippen molar-refractivity contribution in [2.75, 3.05) is 20.2 Å². The predicted octanol–water partition coefficient (Wildman–Crippen LogP) is 4.07. The van der Waals surface area contributed by atoms with E-state index < -0.39 is 54.5 Å². The lowest BCUT2D eigenvalue weighted by Gasteiger charge is -2.25. The highest BCUT2D eigenvalue weighted by molar-refractivity contribution is 6.41. The molecule has 0 unspecified atom stereocenters. The minimum atomic E-state index is -1.04. The molecule has 1 aliphatic rings. The van der Waals surface area contributed by atoms with Crippen LogP contribution in [0.4, 0.5) is 9.59 Å². The number of carbonyl (C=O) groups excluding carboxylic acids is 6. The van der Waals surface area contributed by atoms with Crippen LogP contribution < -0.4 is 32.0 Å². The van der Waals surface area contributed by atoms with Gasteiger partial charge < -0.3 is 31.3 Å². The lowest BCUT2D eigenvalue weighted by molar-refractivity contribution is -0.127. The highest BCUT2D eigenvalue weighted by Gasteiger charge is 2.32. The number of nitrogens with one attached hydrogen (secondary N) is 6. The predicted molar refractivity (Wildman–Crippen MR) is 204 cm³/mol. The summed E-state index contributed by atoms with van der Waals surface area (Å²) in [6, 6.07) is 20.9. The van der Waals surface area contributed by atoms with E-state index >= 15 is 0 Å². The first kappa shape index (κ1) is 40.7. The fourth-order valence-corrected chi connectivity index (χ4v) is 6.31. The average Bonchev–Trinajstić information content (AvgIpc) is 3.48. The Balaban J connectivity index is 1.45. The molecule has 0 aromatic heterocycles. The first-order valence-corrected chi connectivity index (χ1v) is 18.0. The first-order chi connectivity index (χ1) is 25.9. The molecule has 4 rings (SSSR count). The molecule has 6 N–H and O–H groups in total. The second kappa shape index (κ2) is 19.7. The number of urea groups is 1. The quantitative estimate of drug-likeness (QED) is 0.0887. The van der Waals surface area contributed by atoms with Gasteiger partial charge in [-0.15, -0.1) is 0 Å². The van der Waals surface area contributed by atoms with Gasteiger partial charge in [-0.05, 0) is 53.5 Å². The maximum absolute atomic E-state index is 13.8. The number of ketones is 1. The number of benzene rings is 3. The van der Waals surface area contributed by atoms with Gasteiger partial charge in [-0.3, -0.25) is 19.2 Å². The van der Waals surface area contributed by atoms with Gasteiger partial charge in [0.15, 0.2) is 5.78 Å². The van der Waals surface area contributed by atoms with Crippen molar-refractivity contribution < 1.29 is 33.5 Å². The van der Waals surface area contributed by atoms with E-state index in [0.717, 1.165) is 22.3 Å². The van der Waals surface area contributed by atoms with Crippen LogP contribution in [0.15, 0.2) is 84.0 Å². The van der Waals surface area contributed by atoms with E-state index in [1.807, 2.05) is 69.3 Å². The second-order valence-electron chi connectivity index (χ2n) is 13.4. The minimum Gasteiger partial charge on any atom is -0.449 e. The summed E-state index contributed by atoms with van der Waals surface area (Å²) in [5.41, 5.74) is 6.79. The smallest absolute Gasteiger partial charge is 0.407 e. The van der Waals surface area contributed by atoms with E-state index in [1.165, 1.54) is 14.0 Å². The number of rotatable bonds is 17. The van der Waals surface area contributed by atoms with E-state index in [4.69, 9.17) is 4.74 Å². The topological polar surface area (TPSA) is 196 Å². The molecule has 0 radical (unpaired) electrons. The van der Waals surface area contributed by atoms with Crippen LogP contribution in [-0.4, -0.2) is 73.6 Å². The number of hydrogen-bond acceptors (Lipinski definition) is 8. The van der Waals surface area contributed by atoms with E-state index in [2.05, 4.69) is 37.1 Å². The molecule has 14 heteroatoms. The number of carbonyl (C=O) groups is 6. The molecule has 6 amide bonds. The molecule has 1 aliphatic carbocycles. The van der Waals surface area contributed by atoms with Crippen molar-refractivity contribution in [3.8, 4) is 11.1 Å². The van der Waals surface area contributed by atoms with Crippen LogP contribution in [0.25, 0.3) is 11.1 Å². The second-order valence-corrected chi connectivity index (χ2v) is 13.4. The number of alkyl carbamates (subject to hydrolysis) is 1. The van der Waals surface area contributed by atoms with Crippen molar-refractivity contribution in [1.82, 2.24) is 32.0 Å².